The predicted octanol–water partition coefficient (Wildman–Crippen LogP) is 3.56. The maximum Gasteiger partial charge on any atom is 0.100 e. The Morgan fingerprint density at radius 1 is 1.29 bits per heavy atom. The highest BCUT2D eigenvalue weighted by atomic mass is 35.5. The first-order chi connectivity index (χ1) is 8.28. The zero-order valence-corrected chi connectivity index (χ0v) is 10.7. The van der Waals surface area contributed by atoms with Gasteiger partial charge in [-0.05, 0) is 23.8 Å². The van der Waals surface area contributed by atoms with E-state index in [1.165, 1.54) is 4.88 Å². The molecule has 86 valence electrons. The molecule has 0 aliphatic carbocycles. The van der Waals surface area contributed by atoms with E-state index in [2.05, 4.69) is 11.4 Å². The molecular weight excluding hydrogens is 252 g/mol. The number of thiophene rings is 1. The lowest BCUT2D eigenvalue weighted by molar-refractivity contribution is 0.701. The molecule has 0 bridgehead atoms. The van der Waals surface area contributed by atoms with Gasteiger partial charge in [-0.1, -0.05) is 23.7 Å². The minimum absolute atomic E-state index is 0.731. The molecule has 0 fully saturated rings. The number of benzene rings is 1. The largest absolute Gasteiger partial charge is 0.308 e. The van der Waals surface area contributed by atoms with Crippen molar-refractivity contribution in [2.75, 3.05) is 0 Å². The first-order valence-corrected chi connectivity index (χ1v) is 6.46. The molecule has 2 aromatic rings. The van der Waals surface area contributed by atoms with E-state index in [1.807, 2.05) is 35.7 Å². The number of hydrogen-bond acceptors (Lipinski definition) is 3. The second kappa shape index (κ2) is 5.83. The topological polar surface area (TPSA) is 35.8 Å². The second-order valence-corrected chi connectivity index (χ2v) is 5.08. The Hall–Kier alpha value is -1.34. The van der Waals surface area contributed by atoms with Crippen LogP contribution in [-0.4, -0.2) is 0 Å². The van der Waals surface area contributed by atoms with Gasteiger partial charge >= 0.3 is 0 Å². The molecule has 0 aliphatic rings. The molecule has 0 saturated heterocycles. The van der Waals surface area contributed by atoms with Crippen LogP contribution in [0.5, 0.6) is 0 Å². The summed E-state index contributed by atoms with van der Waals surface area (Å²) in [6, 6.07) is 11.8. The smallest absolute Gasteiger partial charge is 0.100 e. The molecule has 0 radical (unpaired) electrons. The Kier molecular flexibility index (Phi) is 4.16. The van der Waals surface area contributed by atoms with Crippen molar-refractivity contribution in [3.05, 3.63) is 56.7 Å². The van der Waals surface area contributed by atoms with Crippen LogP contribution in [0.3, 0.4) is 0 Å². The van der Waals surface area contributed by atoms with Gasteiger partial charge in [0.2, 0.25) is 0 Å². The number of hydrogen-bond donors (Lipinski definition) is 1. The number of nitriles is 1. The molecular formula is C13H11ClN2S. The molecule has 0 spiro atoms. The van der Waals surface area contributed by atoms with Crippen LogP contribution in [0.4, 0.5) is 0 Å². The minimum atomic E-state index is 0.731. The Labute approximate surface area is 109 Å². The lowest BCUT2D eigenvalue weighted by Gasteiger charge is -2.03. The molecule has 17 heavy (non-hydrogen) atoms. The number of rotatable bonds is 4. The monoisotopic (exact) mass is 262 g/mol. The van der Waals surface area contributed by atoms with Gasteiger partial charge in [-0.3, -0.25) is 0 Å². The highest BCUT2D eigenvalue weighted by Crippen LogP contribution is 2.14. The maximum atomic E-state index is 8.71. The summed E-state index contributed by atoms with van der Waals surface area (Å²) in [7, 11) is 0. The predicted molar refractivity (Wildman–Crippen MR) is 71.0 cm³/mol. The van der Waals surface area contributed by atoms with Crippen LogP contribution in [0.1, 0.15) is 16.0 Å². The van der Waals surface area contributed by atoms with E-state index >= 15 is 0 Å². The molecule has 2 rings (SSSR count). The maximum absolute atomic E-state index is 8.71. The Morgan fingerprint density at radius 3 is 2.88 bits per heavy atom. The van der Waals surface area contributed by atoms with E-state index in [1.54, 1.807) is 11.3 Å². The Bertz CT molecular complexity index is 542. The third-order valence-electron chi connectivity index (χ3n) is 2.30. The van der Waals surface area contributed by atoms with Crippen molar-refractivity contribution in [1.82, 2.24) is 5.32 Å². The summed E-state index contributed by atoms with van der Waals surface area (Å²) in [5, 5.41) is 14.7. The molecule has 1 aromatic carbocycles. The fourth-order valence-electron chi connectivity index (χ4n) is 1.51. The average molecular weight is 263 g/mol. The molecule has 0 saturated carbocycles. The summed E-state index contributed by atoms with van der Waals surface area (Å²) < 4.78 is 0. The van der Waals surface area contributed by atoms with Crippen molar-refractivity contribution in [1.29, 1.82) is 5.26 Å². The second-order valence-electron chi connectivity index (χ2n) is 3.65. The van der Waals surface area contributed by atoms with Crippen LogP contribution in [0, 0.1) is 11.3 Å². The van der Waals surface area contributed by atoms with Crippen molar-refractivity contribution >= 4 is 22.9 Å². The SMILES string of the molecule is N#Cc1csc(CNCc2cccc(Cl)c2)c1. The zero-order valence-electron chi connectivity index (χ0n) is 9.11. The van der Waals surface area contributed by atoms with Gasteiger partial charge in [-0.25, -0.2) is 0 Å². The molecule has 0 atom stereocenters. The van der Waals surface area contributed by atoms with Crippen molar-refractivity contribution in [3.8, 4) is 6.07 Å². The number of nitrogens with zero attached hydrogens (tertiary/aromatic N) is 1. The molecule has 1 N–H and O–H groups in total. The zero-order chi connectivity index (χ0) is 12.1. The first-order valence-electron chi connectivity index (χ1n) is 5.20. The summed E-state index contributed by atoms with van der Waals surface area (Å²) in [6.07, 6.45) is 0. The van der Waals surface area contributed by atoms with Gasteiger partial charge in [0.1, 0.15) is 6.07 Å². The molecule has 4 heteroatoms. The Balaban J connectivity index is 1.85. The molecule has 1 aromatic heterocycles. The van der Waals surface area contributed by atoms with Gasteiger partial charge in [0.15, 0.2) is 0 Å². The van der Waals surface area contributed by atoms with Gasteiger partial charge < -0.3 is 5.32 Å². The third-order valence-corrected chi connectivity index (χ3v) is 3.47. The third kappa shape index (κ3) is 3.57. The first kappa shape index (κ1) is 12.1. The fraction of sp³-hybridized carbons (Fsp3) is 0.154. The number of nitrogens with one attached hydrogen (secondary N) is 1. The molecule has 0 aliphatic heterocycles. The van der Waals surface area contributed by atoms with Crippen LogP contribution in [-0.2, 0) is 13.1 Å². The lowest BCUT2D eigenvalue weighted by atomic mass is 10.2. The minimum Gasteiger partial charge on any atom is -0.308 e. The van der Waals surface area contributed by atoms with Crippen LogP contribution >= 0.6 is 22.9 Å². The molecule has 2 nitrogen and oxygen atoms in total. The van der Waals surface area contributed by atoms with E-state index in [0.717, 1.165) is 29.2 Å². The van der Waals surface area contributed by atoms with Gasteiger partial charge in [0.25, 0.3) is 0 Å². The fourth-order valence-corrected chi connectivity index (χ4v) is 2.50. The standard InChI is InChI=1S/C13H11ClN2S/c14-12-3-1-2-10(4-12)7-16-8-13-5-11(6-15)9-17-13/h1-5,9,16H,7-8H2. The highest BCUT2D eigenvalue weighted by Gasteiger charge is 1.99. The van der Waals surface area contributed by atoms with Crippen molar-refractivity contribution in [2.24, 2.45) is 0 Å². The van der Waals surface area contributed by atoms with Crippen LogP contribution in [0.2, 0.25) is 5.02 Å². The van der Waals surface area contributed by atoms with E-state index in [-0.39, 0.29) is 0 Å². The van der Waals surface area contributed by atoms with Crippen molar-refractivity contribution in [3.63, 3.8) is 0 Å². The van der Waals surface area contributed by atoms with Crippen LogP contribution in [0.25, 0.3) is 0 Å². The summed E-state index contributed by atoms with van der Waals surface area (Å²) in [6.45, 7) is 1.55. The van der Waals surface area contributed by atoms with Gasteiger partial charge in [0, 0.05) is 28.4 Å². The molecule has 0 amide bonds. The van der Waals surface area contributed by atoms with Crippen LogP contribution in [0.15, 0.2) is 35.7 Å². The summed E-state index contributed by atoms with van der Waals surface area (Å²) in [4.78, 5) is 1.17. The molecule has 0 unspecified atom stereocenters. The van der Waals surface area contributed by atoms with Crippen molar-refractivity contribution < 1.29 is 0 Å². The normalized spacial score (nSPS) is 10.1. The molecule has 1 heterocycles. The van der Waals surface area contributed by atoms with Gasteiger partial charge in [0.05, 0.1) is 5.56 Å². The van der Waals surface area contributed by atoms with Crippen LogP contribution < -0.4 is 5.32 Å². The quantitative estimate of drug-likeness (QED) is 0.915. The van der Waals surface area contributed by atoms with Crippen molar-refractivity contribution in [2.45, 2.75) is 13.1 Å². The lowest BCUT2D eigenvalue weighted by Crippen LogP contribution is -2.11. The summed E-state index contributed by atoms with van der Waals surface area (Å²) in [5.41, 5.74) is 1.89. The van der Waals surface area contributed by atoms with E-state index in [0.29, 0.717) is 0 Å². The van der Waals surface area contributed by atoms with E-state index in [4.69, 9.17) is 16.9 Å². The van der Waals surface area contributed by atoms with Gasteiger partial charge in [-0.15, -0.1) is 11.3 Å². The highest BCUT2D eigenvalue weighted by molar-refractivity contribution is 7.10. The van der Waals surface area contributed by atoms with E-state index < -0.39 is 0 Å². The Morgan fingerprint density at radius 2 is 2.18 bits per heavy atom. The van der Waals surface area contributed by atoms with E-state index in [9.17, 15) is 0 Å². The summed E-state index contributed by atoms with van der Waals surface area (Å²) >= 11 is 7.50. The van der Waals surface area contributed by atoms with Gasteiger partial charge in [-0.2, -0.15) is 5.26 Å². The number of halogens is 1. The average Bonchev–Trinajstić information content (AvgIpc) is 2.77. The summed E-state index contributed by atoms with van der Waals surface area (Å²) in [5.74, 6) is 0.